The van der Waals surface area contributed by atoms with Gasteiger partial charge in [0.25, 0.3) is 0 Å². The molecule has 0 atom stereocenters. The summed E-state index contributed by atoms with van der Waals surface area (Å²) in [6.45, 7) is -2.66. The summed E-state index contributed by atoms with van der Waals surface area (Å²) < 4.78 is 33.9. The first-order valence-corrected chi connectivity index (χ1v) is 5.14. The molecule has 0 aromatic heterocycles. The summed E-state index contributed by atoms with van der Waals surface area (Å²) >= 11 is 0. The van der Waals surface area contributed by atoms with Gasteiger partial charge in [-0.2, -0.15) is 8.78 Å². The maximum absolute atomic E-state index is 12.3. The van der Waals surface area contributed by atoms with Crippen molar-refractivity contribution in [3.05, 3.63) is 23.8 Å². The van der Waals surface area contributed by atoms with Crippen LogP contribution in [0.25, 0.3) is 0 Å². The normalized spacial score (nSPS) is 11.5. The summed E-state index contributed by atoms with van der Waals surface area (Å²) in [5.41, 5.74) is 5.98. The smallest absolute Gasteiger partial charge is 0.387 e. The zero-order valence-electron chi connectivity index (χ0n) is 10.1. The standard InChI is InChI=1S/C11H15F2N3O2/c1-15-11(14)16-6-7-3-4-8(17-2)5-9(7)18-10(12)13/h3-5,10H,6H2,1-2H3,(H3,14,15,16). The van der Waals surface area contributed by atoms with Crippen molar-refractivity contribution in [3.63, 3.8) is 0 Å². The Bertz CT molecular complexity index is 425. The first kappa shape index (κ1) is 14.0. The number of halogens is 2. The van der Waals surface area contributed by atoms with Crippen molar-refractivity contribution in [2.45, 2.75) is 13.2 Å². The lowest BCUT2D eigenvalue weighted by Gasteiger charge is -2.13. The van der Waals surface area contributed by atoms with E-state index in [4.69, 9.17) is 10.5 Å². The second-order valence-electron chi connectivity index (χ2n) is 3.31. The monoisotopic (exact) mass is 259 g/mol. The highest BCUT2D eigenvalue weighted by atomic mass is 19.3. The van der Waals surface area contributed by atoms with Crippen LogP contribution in [0.3, 0.4) is 0 Å². The van der Waals surface area contributed by atoms with Gasteiger partial charge in [-0.1, -0.05) is 0 Å². The molecule has 0 aliphatic carbocycles. The summed E-state index contributed by atoms with van der Waals surface area (Å²) in [4.78, 5) is 3.70. The molecule has 0 fully saturated rings. The van der Waals surface area contributed by atoms with Crippen LogP contribution >= 0.6 is 0 Å². The van der Waals surface area contributed by atoms with Crippen LogP contribution < -0.4 is 20.5 Å². The Labute approximate surface area is 104 Å². The summed E-state index contributed by atoms with van der Waals surface area (Å²) in [6.07, 6.45) is 0. The van der Waals surface area contributed by atoms with Crippen LogP contribution in [-0.2, 0) is 6.54 Å². The number of aliphatic imine (C=N–C) groups is 1. The maximum atomic E-state index is 12.3. The Balaban J connectivity index is 2.87. The van der Waals surface area contributed by atoms with Gasteiger partial charge in [0.05, 0.1) is 7.11 Å². The molecule has 0 saturated heterocycles. The molecule has 7 heteroatoms. The quantitative estimate of drug-likeness (QED) is 0.618. The third-order valence-electron chi connectivity index (χ3n) is 2.19. The highest BCUT2D eigenvalue weighted by Crippen LogP contribution is 2.26. The molecule has 0 aliphatic heterocycles. The molecular weight excluding hydrogens is 244 g/mol. The number of ether oxygens (including phenoxy) is 2. The predicted octanol–water partition coefficient (Wildman–Crippen LogP) is 1.33. The lowest BCUT2D eigenvalue weighted by Crippen LogP contribution is -2.30. The van der Waals surface area contributed by atoms with E-state index in [1.165, 1.54) is 20.2 Å². The highest BCUT2D eigenvalue weighted by molar-refractivity contribution is 5.77. The molecule has 18 heavy (non-hydrogen) atoms. The molecule has 100 valence electrons. The van der Waals surface area contributed by atoms with Crippen LogP contribution in [-0.4, -0.2) is 26.7 Å². The van der Waals surface area contributed by atoms with Gasteiger partial charge >= 0.3 is 6.61 Å². The van der Waals surface area contributed by atoms with E-state index in [-0.39, 0.29) is 18.3 Å². The van der Waals surface area contributed by atoms with Crippen LogP contribution in [0, 0.1) is 0 Å². The van der Waals surface area contributed by atoms with E-state index in [0.717, 1.165) is 0 Å². The Hall–Kier alpha value is -2.05. The highest BCUT2D eigenvalue weighted by Gasteiger charge is 2.11. The molecule has 0 saturated carbocycles. The molecule has 0 bridgehead atoms. The first-order valence-electron chi connectivity index (χ1n) is 5.14. The third kappa shape index (κ3) is 4.08. The minimum Gasteiger partial charge on any atom is -0.497 e. The molecule has 0 spiro atoms. The van der Waals surface area contributed by atoms with Crippen molar-refractivity contribution in [2.75, 3.05) is 14.2 Å². The summed E-state index contributed by atoms with van der Waals surface area (Å²) in [5, 5.41) is 2.76. The van der Waals surface area contributed by atoms with E-state index < -0.39 is 6.61 Å². The molecular formula is C11H15F2N3O2. The molecule has 1 aromatic rings. The SMILES string of the molecule is CN=C(N)NCc1ccc(OC)cc1OC(F)F. The van der Waals surface area contributed by atoms with Gasteiger partial charge in [-0.15, -0.1) is 0 Å². The van der Waals surface area contributed by atoms with Crippen LogP contribution in [0.2, 0.25) is 0 Å². The molecule has 3 N–H and O–H groups in total. The number of methoxy groups -OCH3 is 1. The van der Waals surface area contributed by atoms with E-state index >= 15 is 0 Å². The second kappa shape index (κ2) is 6.63. The van der Waals surface area contributed by atoms with Crippen molar-refractivity contribution < 1.29 is 18.3 Å². The fraction of sp³-hybridized carbons (Fsp3) is 0.364. The van der Waals surface area contributed by atoms with E-state index in [2.05, 4.69) is 15.0 Å². The minimum atomic E-state index is -2.90. The molecule has 0 heterocycles. The zero-order valence-corrected chi connectivity index (χ0v) is 10.1. The van der Waals surface area contributed by atoms with Crippen molar-refractivity contribution in [3.8, 4) is 11.5 Å². The Morgan fingerprint density at radius 1 is 1.50 bits per heavy atom. The molecule has 0 unspecified atom stereocenters. The van der Waals surface area contributed by atoms with Gasteiger partial charge in [0.1, 0.15) is 11.5 Å². The fourth-order valence-electron chi connectivity index (χ4n) is 1.28. The van der Waals surface area contributed by atoms with Gasteiger partial charge in [-0.05, 0) is 12.1 Å². The molecule has 5 nitrogen and oxygen atoms in total. The number of rotatable bonds is 5. The van der Waals surface area contributed by atoms with Gasteiger partial charge in [0, 0.05) is 25.2 Å². The summed E-state index contributed by atoms with van der Waals surface area (Å²) in [7, 11) is 2.97. The largest absolute Gasteiger partial charge is 0.497 e. The van der Waals surface area contributed by atoms with Gasteiger partial charge in [-0.3, -0.25) is 4.99 Å². The number of hydrogen-bond donors (Lipinski definition) is 2. The van der Waals surface area contributed by atoms with Gasteiger partial charge < -0.3 is 20.5 Å². The van der Waals surface area contributed by atoms with Crippen LogP contribution in [0.4, 0.5) is 8.78 Å². The van der Waals surface area contributed by atoms with E-state index in [0.29, 0.717) is 11.3 Å². The predicted molar refractivity (Wildman–Crippen MR) is 64.0 cm³/mol. The molecule has 0 radical (unpaired) electrons. The average molecular weight is 259 g/mol. The topological polar surface area (TPSA) is 68.9 Å². The van der Waals surface area contributed by atoms with Crippen molar-refractivity contribution in [2.24, 2.45) is 10.7 Å². The van der Waals surface area contributed by atoms with Crippen LogP contribution in [0.1, 0.15) is 5.56 Å². The molecule has 0 aliphatic rings. The van der Waals surface area contributed by atoms with Crippen molar-refractivity contribution >= 4 is 5.96 Å². The number of nitrogens with zero attached hydrogens (tertiary/aromatic N) is 1. The van der Waals surface area contributed by atoms with Crippen molar-refractivity contribution in [1.29, 1.82) is 0 Å². The lowest BCUT2D eigenvalue weighted by molar-refractivity contribution is -0.0505. The number of alkyl halides is 2. The van der Waals surface area contributed by atoms with E-state index in [1.807, 2.05) is 0 Å². The van der Waals surface area contributed by atoms with E-state index in [1.54, 1.807) is 12.1 Å². The minimum absolute atomic E-state index is 0.0424. The third-order valence-corrected chi connectivity index (χ3v) is 2.19. The summed E-state index contributed by atoms with van der Waals surface area (Å²) in [5.74, 6) is 0.695. The average Bonchev–Trinajstić information content (AvgIpc) is 2.36. The number of nitrogens with two attached hydrogens (primary N) is 1. The lowest BCUT2D eigenvalue weighted by atomic mass is 10.2. The van der Waals surface area contributed by atoms with Crippen LogP contribution in [0.15, 0.2) is 23.2 Å². The maximum Gasteiger partial charge on any atom is 0.387 e. The summed E-state index contributed by atoms with van der Waals surface area (Å²) in [6, 6.07) is 4.66. The first-order chi connectivity index (χ1) is 8.56. The van der Waals surface area contributed by atoms with Gasteiger partial charge in [-0.25, -0.2) is 0 Å². The Morgan fingerprint density at radius 2 is 2.22 bits per heavy atom. The Kier molecular flexibility index (Phi) is 5.16. The fourth-order valence-corrected chi connectivity index (χ4v) is 1.28. The van der Waals surface area contributed by atoms with E-state index in [9.17, 15) is 8.78 Å². The number of nitrogens with one attached hydrogen (secondary N) is 1. The molecule has 1 rings (SSSR count). The number of benzene rings is 1. The van der Waals surface area contributed by atoms with Crippen molar-refractivity contribution in [1.82, 2.24) is 5.32 Å². The Morgan fingerprint density at radius 3 is 2.78 bits per heavy atom. The van der Waals surface area contributed by atoms with Gasteiger partial charge in [0.15, 0.2) is 5.96 Å². The molecule has 0 amide bonds. The van der Waals surface area contributed by atoms with Gasteiger partial charge in [0.2, 0.25) is 0 Å². The van der Waals surface area contributed by atoms with Crippen LogP contribution in [0.5, 0.6) is 11.5 Å². The number of hydrogen-bond acceptors (Lipinski definition) is 3. The number of guanidine groups is 1. The molecule has 1 aromatic carbocycles. The zero-order chi connectivity index (χ0) is 13.5. The second-order valence-corrected chi connectivity index (χ2v) is 3.31.